The molecule has 9 nitrogen and oxygen atoms in total. The fourth-order valence-corrected chi connectivity index (χ4v) is 3.84. The minimum absolute atomic E-state index is 0.196. The lowest BCUT2D eigenvalue weighted by Crippen LogP contribution is -2.34. The SMILES string of the molecule is O=C(O)c1ccccc1C=NNc1nc(N2CCCCC2)nc(N2CCCCC2)n1. The van der Waals surface area contributed by atoms with Crippen molar-refractivity contribution >= 4 is 30.0 Å². The first kappa shape index (κ1) is 20.1. The van der Waals surface area contributed by atoms with E-state index in [1.54, 1.807) is 24.3 Å². The molecule has 0 aliphatic carbocycles. The lowest BCUT2D eigenvalue weighted by Gasteiger charge is -2.30. The third-order valence-electron chi connectivity index (χ3n) is 5.45. The fourth-order valence-electron chi connectivity index (χ4n) is 3.84. The summed E-state index contributed by atoms with van der Waals surface area (Å²) < 4.78 is 0. The summed E-state index contributed by atoms with van der Waals surface area (Å²) in [4.78, 5) is 29.7. The summed E-state index contributed by atoms with van der Waals surface area (Å²) in [6, 6.07) is 6.73. The first-order chi connectivity index (χ1) is 14.7. The zero-order valence-electron chi connectivity index (χ0n) is 17.0. The van der Waals surface area contributed by atoms with Crippen LogP contribution in [0.15, 0.2) is 29.4 Å². The van der Waals surface area contributed by atoms with Crippen LogP contribution in [0.5, 0.6) is 0 Å². The lowest BCUT2D eigenvalue weighted by atomic mass is 10.1. The molecule has 2 saturated heterocycles. The van der Waals surface area contributed by atoms with Gasteiger partial charge in [-0.2, -0.15) is 20.1 Å². The lowest BCUT2D eigenvalue weighted by molar-refractivity contribution is 0.0696. The van der Waals surface area contributed by atoms with Crippen molar-refractivity contribution in [1.82, 2.24) is 15.0 Å². The maximum absolute atomic E-state index is 11.4. The van der Waals surface area contributed by atoms with Crippen LogP contribution in [0.1, 0.15) is 54.4 Å². The molecule has 3 heterocycles. The molecule has 0 unspecified atom stereocenters. The van der Waals surface area contributed by atoms with E-state index in [0.717, 1.165) is 51.9 Å². The van der Waals surface area contributed by atoms with Crippen LogP contribution in [0, 0.1) is 0 Å². The highest BCUT2D eigenvalue weighted by Crippen LogP contribution is 2.22. The summed E-state index contributed by atoms with van der Waals surface area (Å²) in [7, 11) is 0. The second-order valence-electron chi connectivity index (χ2n) is 7.62. The van der Waals surface area contributed by atoms with Crippen molar-refractivity contribution in [1.29, 1.82) is 0 Å². The van der Waals surface area contributed by atoms with E-state index in [0.29, 0.717) is 23.4 Å². The van der Waals surface area contributed by atoms with E-state index >= 15 is 0 Å². The molecule has 0 atom stereocenters. The Morgan fingerprint density at radius 3 is 2.03 bits per heavy atom. The van der Waals surface area contributed by atoms with Crippen molar-refractivity contribution < 1.29 is 9.90 Å². The number of nitrogens with one attached hydrogen (secondary N) is 1. The Labute approximate surface area is 175 Å². The highest BCUT2D eigenvalue weighted by Gasteiger charge is 2.20. The summed E-state index contributed by atoms with van der Waals surface area (Å²) in [6.45, 7) is 3.77. The highest BCUT2D eigenvalue weighted by molar-refractivity contribution is 5.98. The predicted molar refractivity (Wildman–Crippen MR) is 117 cm³/mol. The molecule has 4 rings (SSSR count). The zero-order chi connectivity index (χ0) is 20.8. The van der Waals surface area contributed by atoms with Gasteiger partial charge in [0, 0.05) is 31.7 Å². The number of aromatic carboxylic acids is 1. The Morgan fingerprint density at radius 2 is 1.47 bits per heavy atom. The van der Waals surface area contributed by atoms with Crippen molar-refractivity contribution in [3.8, 4) is 0 Å². The number of benzene rings is 1. The van der Waals surface area contributed by atoms with Gasteiger partial charge in [0.25, 0.3) is 0 Å². The van der Waals surface area contributed by atoms with Gasteiger partial charge in [0.2, 0.25) is 17.8 Å². The van der Waals surface area contributed by atoms with Crippen LogP contribution >= 0.6 is 0 Å². The van der Waals surface area contributed by atoms with Crippen molar-refractivity contribution in [3.63, 3.8) is 0 Å². The molecule has 1 aromatic carbocycles. The maximum Gasteiger partial charge on any atom is 0.336 e. The third-order valence-corrected chi connectivity index (χ3v) is 5.45. The quantitative estimate of drug-likeness (QED) is 0.554. The monoisotopic (exact) mass is 409 g/mol. The Hall–Kier alpha value is -3.23. The van der Waals surface area contributed by atoms with E-state index < -0.39 is 5.97 Å². The van der Waals surface area contributed by atoms with Gasteiger partial charge in [-0.25, -0.2) is 10.2 Å². The minimum Gasteiger partial charge on any atom is -0.478 e. The van der Waals surface area contributed by atoms with Gasteiger partial charge in [0.15, 0.2) is 0 Å². The first-order valence-electron chi connectivity index (χ1n) is 10.6. The van der Waals surface area contributed by atoms with Gasteiger partial charge in [-0.05, 0) is 44.6 Å². The summed E-state index contributed by atoms with van der Waals surface area (Å²) in [5.74, 6) is 0.731. The number of rotatable bonds is 6. The largest absolute Gasteiger partial charge is 0.478 e. The van der Waals surface area contributed by atoms with E-state index in [-0.39, 0.29) is 5.56 Å². The molecule has 158 valence electrons. The van der Waals surface area contributed by atoms with Gasteiger partial charge in [-0.1, -0.05) is 18.2 Å². The number of hydrogen-bond donors (Lipinski definition) is 2. The molecular weight excluding hydrogens is 382 g/mol. The van der Waals surface area contributed by atoms with Crippen LogP contribution in [-0.4, -0.2) is 58.4 Å². The number of anilines is 3. The number of carboxylic acid groups (broad SMARTS) is 1. The number of carbonyl (C=O) groups is 1. The molecule has 30 heavy (non-hydrogen) atoms. The Kier molecular flexibility index (Phi) is 6.36. The van der Waals surface area contributed by atoms with Crippen molar-refractivity contribution in [2.45, 2.75) is 38.5 Å². The van der Waals surface area contributed by atoms with Crippen LogP contribution < -0.4 is 15.2 Å². The number of hydrogen-bond acceptors (Lipinski definition) is 8. The predicted octanol–water partition coefficient (Wildman–Crippen LogP) is 3.00. The van der Waals surface area contributed by atoms with Gasteiger partial charge in [0.05, 0.1) is 11.8 Å². The summed E-state index contributed by atoms with van der Waals surface area (Å²) in [5, 5.41) is 13.5. The Balaban J connectivity index is 1.57. The fraction of sp³-hybridized carbons (Fsp3) is 0.476. The van der Waals surface area contributed by atoms with Crippen LogP contribution in [0.3, 0.4) is 0 Å². The Bertz CT molecular complexity index is 870. The summed E-state index contributed by atoms with van der Waals surface area (Å²) in [5.41, 5.74) is 3.59. The maximum atomic E-state index is 11.4. The van der Waals surface area contributed by atoms with Crippen molar-refractivity contribution in [2.24, 2.45) is 5.10 Å². The number of hydrazone groups is 1. The first-order valence-corrected chi connectivity index (χ1v) is 10.6. The van der Waals surface area contributed by atoms with E-state index in [4.69, 9.17) is 4.98 Å². The number of aromatic nitrogens is 3. The molecule has 2 fully saturated rings. The standard InChI is InChI=1S/C21H27N7O2/c29-18(30)17-10-4-3-9-16(17)15-22-26-19-23-20(27-11-5-1-6-12-27)25-21(24-19)28-13-7-2-8-14-28/h3-4,9-10,15H,1-2,5-8,11-14H2,(H,29,30)(H,23,24,25,26). The normalized spacial score (nSPS) is 17.3. The number of carboxylic acids is 1. The van der Waals surface area contributed by atoms with Gasteiger partial charge in [0.1, 0.15) is 0 Å². The summed E-state index contributed by atoms with van der Waals surface area (Å²) in [6.07, 6.45) is 8.50. The van der Waals surface area contributed by atoms with E-state index in [9.17, 15) is 9.90 Å². The van der Waals surface area contributed by atoms with Crippen molar-refractivity contribution in [2.75, 3.05) is 41.4 Å². The Morgan fingerprint density at radius 1 is 0.900 bits per heavy atom. The van der Waals surface area contributed by atoms with E-state index in [1.807, 2.05) is 0 Å². The molecule has 9 heteroatoms. The molecule has 2 aliphatic rings. The van der Waals surface area contributed by atoms with Crippen LogP contribution in [0.2, 0.25) is 0 Å². The molecule has 2 N–H and O–H groups in total. The second kappa shape index (κ2) is 9.51. The second-order valence-corrected chi connectivity index (χ2v) is 7.62. The van der Waals surface area contributed by atoms with Gasteiger partial charge >= 0.3 is 5.97 Å². The third kappa shape index (κ3) is 4.84. The van der Waals surface area contributed by atoms with Crippen LogP contribution in [-0.2, 0) is 0 Å². The molecular formula is C21H27N7O2. The average molecular weight is 409 g/mol. The summed E-state index contributed by atoms with van der Waals surface area (Å²) >= 11 is 0. The molecule has 0 bridgehead atoms. The average Bonchev–Trinajstić information content (AvgIpc) is 2.80. The molecule has 0 amide bonds. The van der Waals surface area contributed by atoms with E-state index in [1.165, 1.54) is 19.1 Å². The smallest absolute Gasteiger partial charge is 0.336 e. The number of nitrogens with zero attached hydrogens (tertiary/aromatic N) is 6. The minimum atomic E-state index is -0.989. The molecule has 1 aromatic heterocycles. The topological polar surface area (TPSA) is 107 Å². The highest BCUT2D eigenvalue weighted by atomic mass is 16.4. The van der Waals surface area contributed by atoms with Gasteiger partial charge in [-0.3, -0.25) is 0 Å². The molecule has 0 spiro atoms. The molecule has 0 saturated carbocycles. The molecule has 0 radical (unpaired) electrons. The number of piperidine rings is 2. The molecule has 2 aromatic rings. The zero-order valence-corrected chi connectivity index (χ0v) is 17.0. The van der Waals surface area contributed by atoms with Crippen LogP contribution in [0.4, 0.5) is 17.8 Å². The van der Waals surface area contributed by atoms with Gasteiger partial charge in [-0.15, -0.1) is 0 Å². The van der Waals surface area contributed by atoms with E-state index in [2.05, 4.69) is 30.3 Å². The van der Waals surface area contributed by atoms with Crippen molar-refractivity contribution in [3.05, 3.63) is 35.4 Å². The molecule has 2 aliphatic heterocycles. The van der Waals surface area contributed by atoms with Gasteiger partial charge < -0.3 is 14.9 Å². The van der Waals surface area contributed by atoms with Crippen LogP contribution in [0.25, 0.3) is 0 Å².